The van der Waals surface area contributed by atoms with Crippen LogP contribution in [-0.4, -0.2) is 40.1 Å². The van der Waals surface area contributed by atoms with Crippen LogP contribution in [0, 0.1) is 17.7 Å². The van der Waals surface area contributed by atoms with Crippen molar-refractivity contribution in [2.24, 2.45) is 11.8 Å². The number of imide groups is 1. The third-order valence-electron chi connectivity index (χ3n) is 5.83. The zero-order valence-electron chi connectivity index (χ0n) is 14.7. The molecule has 6 heteroatoms. The number of hydrogen-bond donors (Lipinski definition) is 0. The molecule has 2 aliphatic carbocycles. The van der Waals surface area contributed by atoms with Gasteiger partial charge in [0.15, 0.2) is 0 Å². The summed E-state index contributed by atoms with van der Waals surface area (Å²) < 4.78 is 14.0. The van der Waals surface area contributed by atoms with Gasteiger partial charge >= 0.3 is 0 Å². The summed E-state index contributed by atoms with van der Waals surface area (Å²) in [6.07, 6.45) is 5.16. The maximum absolute atomic E-state index is 14.0. The molecule has 0 unspecified atom stereocenters. The molecule has 5 nitrogen and oxygen atoms in total. The van der Waals surface area contributed by atoms with Gasteiger partial charge in [-0.05, 0) is 31.7 Å². The summed E-state index contributed by atoms with van der Waals surface area (Å²) >= 11 is 0. The monoisotopic (exact) mass is 358 g/mol. The third kappa shape index (κ3) is 3.13. The van der Waals surface area contributed by atoms with Crippen LogP contribution in [0.25, 0.3) is 0 Å². The number of halogens is 1. The van der Waals surface area contributed by atoms with Crippen molar-refractivity contribution < 1.29 is 18.8 Å². The van der Waals surface area contributed by atoms with Gasteiger partial charge in [-0.3, -0.25) is 19.3 Å². The summed E-state index contributed by atoms with van der Waals surface area (Å²) in [5.41, 5.74) is 0.459. The molecule has 3 amide bonds. The van der Waals surface area contributed by atoms with Gasteiger partial charge in [0.1, 0.15) is 12.4 Å². The van der Waals surface area contributed by atoms with Crippen molar-refractivity contribution in [1.29, 1.82) is 0 Å². The van der Waals surface area contributed by atoms with Gasteiger partial charge in [-0.2, -0.15) is 0 Å². The van der Waals surface area contributed by atoms with Crippen LogP contribution in [0.1, 0.15) is 44.1 Å². The minimum absolute atomic E-state index is 0.0807. The molecular weight excluding hydrogens is 335 g/mol. The Morgan fingerprint density at radius 1 is 1.04 bits per heavy atom. The molecule has 26 heavy (non-hydrogen) atoms. The van der Waals surface area contributed by atoms with Crippen LogP contribution in [0.5, 0.6) is 0 Å². The highest BCUT2D eigenvalue weighted by molar-refractivity contribution is 6.07. The van der Waals surface area contributed by atoms with E-state index in [9.17, 15) is 18.8 Å². The average Bonchev–Trinajstić information content (AvgIpc) is 3.46. The summed E-state index contributed by atoms with van der Waals surface area (Å²) in [6.45, 7) is -0.0329. The van der Waals surface area contributed by atoms with Crippen LogP contribution >= 0.6 is 0 Å². The number of fused-ring (bicyclic) bond motifs is 1. The standard InChI is InChI=1S/C20H23FN2O3/c21-17-8-4-1-5-13(17)11-22(14-9-10-14)18(24)12-23-19(25)15-6-2-3-7-16(15)20(23)26/h1,4-5,8,14-16H,2-3,6-7,9-12H2/t15-,16+. The number of benzene rings is 1. The normalized spacial score (nSPS) is 25.3. The molecule has 2 atom stereocenters. The first kappa shape index (κ1) is 17.2. The molecule has 0 N–H and O–H groups in total. The molecule has 0 spiro atoms. The lowest BCUT2D eigenvalue weighted by Crippen LogP contribution is -2.44. The van der Waals surface area contributed by atoms with Crippen molar-refractivity contribution in [2.45, 2.75) is 51.1 Å². The molecule has 2 saturated carbocycles. The van der Waals surface area contributed by atoms with Crippen molar-refractivity contribution >= 4 is 17.7 Å². The Labute approximate surface area is 152 Å². The van der Waals surface area contributed by atoms with E-state index in [1.54, 1.807) is 23.1 Å². The number of rotatable bonds is 5. The van der Waals surface area contributed by atoms with Crippen LogP contribution in [0.3, 0.4) is 0 Å². The highest BCUT2D eigenvalue weighted by Gasteiger charge is 2.49. The molecule has 4 rings (SSSR count). The Hall–Kier alpha value is -2.24. The van der Waals surface area contributed by atoms with Crippen molar-refractivity contribution in [1.82, 2.24) is 9.80 Å². The van der Waals surface area contributed by atoms with E-state index in [1.807, 2.05) is 0 Å². The maximum Gasteiger partial charge on any atom is 0.243 e. The summed E-state index contributed by atoms with van der Waals surface area (Å²) in [6, 6.07) is 6.48. The largest absolute Gasteiger partial charge is 0.334 e. The van der Waals surface area contributed by atoms with E-state index in [0.29, 0.717) is 5.56 Å². The van der Waals surface area contributed by atoms with Gasteiger partial charge in [0.25, 0.3) is 0 Å². The molecule has 1 heterocycles. The second-order valence-electron chi connectivity index (χ2n) is 7.60. The fraction of sp³-hybridized carbons (Fsp3) is 0.550. The van der Waals surface area contributed by atoms with Crippen LogP contribution in [0.15, 0.2) is 24.3 Å². The highest BCUT2D eigenvalue weighted by atomic mass is 19.1. The van der Waals surface area contributed by atoms with Crippen LogP contribution in [0.4, 0.5) is 4.39 Å². The average molecular weight is 358 g/mol. The smallest absolute Gasteiger partial charge is 0.243 e. The van der Waals surface area contributed by atoms with Gasteiger partial charge in [-0.25, -0.2) is 4.39 Å². The second-order valence-corrected chi connectivity index (χ2v) is 7.60. The Balaban J connectivity index is 1.48. The Bertz CT molecular complexity index is 722. The predicted molar refractivity (Wildman–Crippen MR) is 92.1 cm³/mol. The molecular formula is C20H23FN2O3. The Morgan fingerprint density at radius 3 is 2.23 bits per heavy atom. The van der Waals surface area contributed by atoms with E-state index < -0.39 is 0 Å². The number of hydrogen-bond acceptors (Lipinski definition) is 3. The SMILES string of the molecule is O=C1[C@H]2CCCC[C@H]2C(=O)N1CC(=O)N(Cc1ccccc1F)C1CC1. The molecule has 3 fully saturated rings. The third-order valence-corrected chi connectivity index (χ3v) is 5.83. The lowest BCUT2D eigenvalue weighted by atomic mass is 9.81. The van der Waals surface area contributed by atoms with Crippen LogP contribution in [0.2, 0.25) is 0 Å². The number of nitrogens with zero attached hydrogens (tertiary/aromatic N) is 2. The summed E-state index contributed by atoms with van der Waals surface area (Å²) in [4.78, 5) is 40.8. The lowest BCUT2D eigenvalue weighted by Gasteiger charge is -2.25. The minimum atomic E-state index is -0.342. The molecule has 1 aliphatic heterocycles. The first-order valence-electron chi connectivity index (χ1n) is 9.44. The molecule has 1 saturated heterocycles. The van der Waals surface area contributed by atoms with Crippen LogP contribution in [-0.2, 0) is 20.9 Å². The van der Waals surface area contributed by atoms with E-state index in [2.05, 4.69) is 0 Å². The first-order valence-corrected chi connectivity index (χ1v) is 9.44. The lowest BCUT2D eigenvalue weighted by molar-refractivity contribution is -0.147. The number of carbonyl (C=O) groups is 3. The van der Waals surface area contributed by atoms with Crippen molar-refractivity contribution in [3.8, 4) is 0 Å². The molecule has 0 radical (unpaired) electrons. The molecule has 3 aliphatic rings. The van der Waals surface area contributed by atoms with Gasteiger partial charge in [0, 0.05) is 18.2 Å². The van der Waals surface area contributed by atoms with E-state index in [1.165, 1.54) is 6.07 Å². The fourth-order valence-electron chi connectivity index (χ4n) is 4.23. The van der Waals surface area contributed by atoms with Gasteiger partial charge < -0.3 is 4.90 Å². The number of amides is 3. The quantitative estimate of drug-likeness (QED) is 0.760. The second kappa shape index (κ2) is 6.82. The van der Waals surface area contributed by atoms with E-state index >= 15 is 0 Å². The van der Waals surface area contributed by atoms with Gasteiger partial charge in [0.2, 0.25) is 17.7 Å². The number of likely N-dealkylation sites (tertiary alicyclic amines) is 1. The Kier molecular flexibility index (Phi) is 4.51. The van der Waals surface area contributed by atoms with Gasteiger partial charge in [-0.1, -0.05) is 31.0 Å². The summed E-state index contributed by atoms with van der Waals surface area (Å²) in [7, 11) is 0. The van der Waals surface area contributed by atoms with Crippen molar-refractivity contribution in [3.63, 3.8) is 0 Å². The Morgan fingerprint density at radius 2 is 1.65 bits per heavy atom. The molecule has 1 aromatic carbocycles. The van der Waals surface area contributed by atoms with Crippen molar-refractivity contribution in [3.05, 3.63) is 35.6 Å². The van der Waals surface area contributed by atoms with E-state index in [4.69, 9.17) is 0 Å². The van der Waals surface area contributed by atoms with Gasteiger partial charge in [-0.15, -0.1) is 0 Å². The van der Waals surface area contributed by atoms with Crippen LogP contribution < -0.4 is 0 Å². The summed E-state index contributed by atoms with van der Waals surface area (Å²) in [5, 5.41) is 0. The highest BCUT2D eigenvalue weighted by Crippen LogP contribution is 2.38. The van der Waals surface area contributed by atoms with E-state index in [-0.39, 0.29) is 54.5 Å². The molecule has 1 aromatic rings. The van der Waals surface area contributed by atoms with E-state index in [0.717, 1.165) is 43.4 Å². The molecule has 138 valence electrons. The maximum atomic E-state index is 14.0. The molecule has 0 aromatic heterocycles. The minimum Gasteiger partial charge on any atom is -0.334 e. The predicted octanol–water partition coefficient (Wildman–Crippen LogP) is 2.49. The van der Waals surface area contributed by atoms with Crippen molar-refractivity contribution in [2.75, 3.05) is 6.54 Å². The topological polar surface area (TPSA) is 57.7 Å². The fourth-order valence-corrected chi connectivity index (χ4v) is 4.23. The summed E-state index contributed by atoms with van der Waals surface area (Å²) in [5.74, 6) is -1.50. The molecule has 0 bridgehead atoms. The zero-order chi connectivity index (χ0) is 18.3. The zero-order valence-corrected chi connectivity index (χ0v) is 14.7. The first-order chi connectivity index (χ1) is 12.6. The van der Waals surface area contributed by atoms with Gasteiger partial charge in [0.05, 0.1) is 11.8 Å². The number of carbonyl (C=O) groups excluding carboxylic acids is 3.